The van der Waals surface area contributed by atoms with E-state index in [2.05, 4.69) is 20.5 Å². The van der Waals surface area contributed by atoms with Gasteiger partial charge in [-0.25, -0.2) is 4.79 Å². The number of aromatic amines is 1. The fraction of sp³-hybridized carbons (Fsp3) is 0.560. The third-order valence-corrected chi connectivity index (χ3v) is 7.57. The van der Waals surface area contributed by atoms with Gasteiger partial charge in [-0.2, -0.15) is 0 Å². The van der Waals surface area contributed by atoms with Crippen LogP contribution in [0.3, 0.4) is 0 Å². The Hall–Kier alpha value is -2.87. The number of benzene rings is 1. The molecule has 0 radical (unpaired) electrons. The van der Waals surface area contributed by atoms with Gasteiger partial charge < -0.3 is 20.5 Å². The zero-order valence-electron chi connectivity index (χ0n) is 19.0. The number of piperidine rings is 2. The molecule has 3 N–H and O–H groups in total. The summed E-state index contributed by atoms with van der Waals surface area (Å²) in [6, 6.07) is 7.34. The number of fused-ring (bicyclic) bond motifs is 2. The zero-order valence-corrected chi connectivity index (χ0v) is 19.0. The average Bonchev–Trinajstić information content (AvgIpc) is 3.36. The molecule has 0 bridgehead atoms. The summed E-state index contributed by atoms with van der Waals surface area (Å²) in [4.78, 5) is 44.9. The molecule has 0 spiro atoms. The fourth-order valence-corrected chi connectivity index (χ4v) is 5.82. The summed E-state index contributed by atoms with van der Waals surface area (Å²) in [5.41, 5.74) is 2.10. The lowest BCUT2D eigenvalue weighted by Gasteiger charge is -2.44. The monoisotopic (exact) mass is 451 g/mol. The number of hydrogen-bond acceptors (Lipinski definition) is 4. The van der Waals surface area contributed by atoms with E-state index >= 15 is 0 Å². The van der Waals surface area contributed by atoms with Crippen LogP contribution in [0.2, 0.25) is 0 Å². The molecule has 3 atom stereocenters. The SMILES string of the molecule is O=C(C[C@@H]1NC(=O)N(CCc2c[nH]c3ccccc23)C1=O)NC[C@H]1CCCN2CCCC[C@H]12. The number of amides is 4. The van der Waals surface area contributed by atoms with Crippen LogP contribution >= 0.6 is 0 Å². The van der Waals surface area contributed by atoms with Crippen LogP contribution in [-0.4, -0.2) is 70.9 Å². The van der Waals surface area contributed by atoms with E-state index in [1.165, 1.54) is 43.7 Å². The summed E-state index contributed by atoms with van der Waals surface area (Å²) in [6.45, 7) is 3.29. The van der Waals surface area contributed by atoms with Crippen LogP contribution < -0.4 is 10.6 Å². The molecule has 176 valence electrons. The van der Waals surface area contributed by atoms with Gasteiger partial charge in [-0.1, -0.05) is 24.6 Å². The van der Waals surface area contributed by atoms with Crippen LogP contribution in [-0.2, 0) is 16.0 Å². The van der Waals surface area contributed by atoms with E-state index < -0.39 is 12.1 Å². The molecule has 0 unspecified atom stereocenters. The highest BCUT2D eigenvalue weighted by Gasteiger charge is 2.39. The minimum absolute atomic E-state index is 0.00470. The first-order valence-corrected chi connectivity index (χ1v) is 12.3. The topological polar surface area (TPSA) is 97.5 Å². The molecule has 2 aromatic rings. The Kier molecular flexibility index (Phi) is 6.35. The van der Waals surface area contributed by atoms with Crippen molar-refractivity contribution in [2.45, 2.75) is 57.0 Å². The first kappa shape index (κ1) is 21.9. The molecular weight excluding hydrogens is 418 g/mol. The summed E-state index contributed by atoms with van der Waals surface area (Å²) in [5.74, 6) is -0.00397. The Balaban J connectivity index is 1.12. The lowest BCUT2D eigenvalue weighted by Crippen LogP contribution is -2.51. The van der Waals surface area contributed by atoms with E-state index in [1.807, 2.05) is 30.5 Å². The minimum atomic E-state index is -0.780. The van der Waals surface area contributed by atoms with Crippen molar-refractivity contribution >= 4 is 28.7 Å². The molecule has 3 aliphatic rings. The third-order valence-electron chi connectivity index (χ3n) is 7.57. The molecule has 4 amide bonds. The van der Waals surface area contributed by atoms with Gasteiger partial charge in [-0.15, -0.1) is 0 Å². The van der Waals surface area contributed by atoms with Crippen molar-refractivity contribution in [3.63, 3.8) is 0 Å². The Labute approximate surface area is 194 Å². The lowest BCUT2D eigenvalue weighted by atomic mass is 9.83. The van der Waals surface area contributed by atoms with Crippen molar-refractivity contribution in [3.8, 4) is 0 Å². The van der Waals surface area contributed by atoms with E-state index in [4.69, 9.17) is 0 Å². The van der Waals surface area contributed by atoms with E-state index in [1.54, 1.807) is 0 Å². The number of imide groups is 1. The number of nitrogens with one attached hydrogen (secondary N) is 3. The fourth-order valence-electron chi connectivity index (χ4n) is 5.82. The van der Waals surface area contributed by atoms with Crippen LogP contribution in [0.25, 0.3) is 10.9 Å². The minimum Gasteiger partial charge on any atom is -0.361 e. The molecule has 4 heterocycles. The normalized spacial score (nSPS) is 25.8. The summed E-state index contributed by atoms with van der Waals surface area (Å²) >= 11 is 0. The lowest BCUT2D eigenvalue weighted by molar-refractivity contribution is -0.131. The molecule has 1 aromatic heterocycles. The van der Waals surface area contributed by atoms with E-state index in [9.17, 15) is 14.4 Å². The predicted molar refractivity (Wildman–Crippen MR) is 126 cm³/mol. The van der Waals surface area contributed by atoms with Crippen molar-refractivity contribution in [3.05, 3.63) is 36.0 Å². The Morgan fingerprint density at radius 3 is 2.85 bits per heavy atom. The summed E-state index contributed by atoms with van der Waals surface area (Å²) in [5, 5.41) is 6.84. The molecule has 3 aliphatic heterocycles. The van der Waals surface area contributed by atoms with Gasteiger partial charge in [0.05, 0.1) is 6.42 Å². The van der Waals surface area contributed by atoms with Gasteiger partial charge in [-0.05, 0) is 62.7 Å². The van der Waals surface area contributed by atoms with Crippen molar-refractivity contribution in [2.24, 2.45) is 5.92 Å². The van der Waals surface area contributed by atoms with Crippen LogP contribution in [0.1, 0.15) is 44.1 Å². The molecule has 1 aromatic carbocycles. The molecule has 33 heavy (non-hydrogen) atoms. The molecule has 8 heteroatoms. The van der Waals surface area contributed by atoms with Crippen molar-refractivity contribution < 1.29 is 14.4 Å². The quantitative estimate of drug-likeness (QED) is 0.563. The molecule has 3 fully saturated rings. The van der Waals surface area contributed by atoms with Gasteiger partial charge in [0.1, 0.15) is 6.04 Å². The molecule has 0 aliphatic carbocycles. The van der Waals surface area contributed by atoms with E-state index in [0.29, 0.717) is 31.5 Å². The second-order valence-electron chi connectivity index (χ2n) is 9.61. The van der Waals surface area contributed by atoms with Crippen molar-refractivity contribution in [2.75, 3.05) is 26.2 Å². The molecule has 5 rings (SSSR count). The largest absolute Gasteiger partial charge is 0.361 e. The number of rotatable bonds is 7. The zero-order chi connectivity index (χ0) is 22.8. The maximum absolute atomic E-state index is 12.8. The van der Waals surface area contributed by atoms with Gasteiger partial charge >= 0.3 is 6.03 Å². The van der Waals surface area contributed by atoms with Gasteiger partial charge in [0.25, 0.3) is 5.91 Å². The Bertz CT molecular complexity index is 1030. The van der Waals surface area contributed by atoms with E-state index in [-0.39, 0.29) is 18.2 Å². The standard InChI is InChI=1S/C25H33N5O3/c31-23(27-16-18-6-5-12-29-11-4-3-9-22(18)29)14-21-24(32)30(25(33)28-21)13-10-17-15-26-20-8-2-1-7-19(17)20/h1-2,7-8,15,18,21-22,26H,3-6,9-14,16H2,(H,27,31)(H,28,33)/t18-,21+,22-/m1/s1. The van der Waals surface area contributed by atoms with Gasteiger partial charge in [0.15, 0.2) is 0 Å². The number of hydrogen-bond donors (Lipinski definition) is 3. The molecule has 8 nitrogen and oxygen atoms in total. The van der Waals surface area contributed by atoms with Crippen LogP contribution in [0.5, 0.6) is 0 Å². The first-order chi connectivity index (χ1) is 16.1. The van der Waals surface area contributed by atoms with Crippen molar-refractivity contribution in [1.29, 1.82) is 0 Å². The van der Waals surface area contributed by atoms with Crippen LogP contribution in [0, 0.1) is 5.92 Å². The Morgan fingerprint density at radius 2 is 1.94 bits per heavy atom. The number of carbonyl (C=O) groups excluding carboxylic acids is 3. The number of urea groups is 1. The summed E-state index contributed by atoms with van der Waals surface area (Å²) in [6.07, 6.45) is 8.56. The third kappa shape index (κ3) is 4.62. The second-order valence-corrected chi connectivity index (χ2v) is 9.61. The first-order valence-electron chi connectivity index (χ1n) is 12.3. The van der Waals surface area contributed by atoms with Gasteiger partial charge in [-0.3, -0.25) is 14.5 Å². The number of aromatic nitrogens is 1. The molecule has 0 saturated carbocycles. The molecule has 3 saturated heterocycles. The predicted octanol–water partition coefficient (Wildman–Crippen LogP) is 2.40. The number of para-hydroxylation sites is 1. The summed E-state index contributed by atoms with van der Waals surface area (Å²) in [7, 11) is 0. The van der Waals surface area contributed by atoms with Crippen LogP contribution in [0.4, 0.5) is 4.79 Å². The highest BCUT2D eigenvalue weighted by Crippen LogP contribution is 2.30. The van der Waals surface area contributed by atoms with Crippen molar-refractivity contribution in [1.82, 2.24) is 25.4 Å². The highest BCUT2D eigenvalue weighted by atomic mass is 16.2. The highest BCUT2D eigenvalue weighted by molar-refractivity contribution is 6.05. The maximum atomic E-state index is 12.8. The number of H-pyrrole nitrogens is 1. The maximum Gasteiger partial charge on any atom is 0.324 e. The van der Waals surface area contributed by atoms with E-state index in [0.717, 1.165) is 22.9 Å². The number of nitrogens with zero attached hydrogens (tertiary/aromatic N) is 2. The second kappa shape index (κ2) is 9.55. The molecular formula is C25H33N5O3. The van der Waals surface area contributed by atoms with Crippen LogP contribution in [0.15, 0.2) is 30.5 Å². The number of carbonyl (C=O) groups is 3. The van der Waals surface area contributed by atoms with Gasteiger partial charge in [0.2, 0.25) is 5.91 Å². The van der Waals surface area contributed by atoms with Gasteiger partial charge in [0, 0.05) is 36.2 Å². The summed E-state index contributed by atoms with van der Waals surface area (Å²) < 4.78 is 0. The average molecular weight is 452 g/mol. The Morgan fingerprint density at radius 1 is 1.09 bits per heavy atom. The smallest absolute Gasteiger partial charge is 0.324 e.